The van der Waals surface area contributed by atoms with Gasteiger partial charge in [0.25, 0.3) is 5.91 Å². The number of hydrogen-bond acceptors (Lipinski definition) is 5. The van der Waals surface area contributed by atoms with Crippen LogP contribution in [0.2, 0.25) is 0 Å². The van der Waals surface area contributed by atoms with Crippen LogP contribution < -0.4 is 15.0 Å². The van der Waals surface area contributed by atoms with E-state index in [0.717, 1.165) is 23.5 Å². The molecular weight excluding hydrogens is 364 g/mol. The number of nitrogens with zero attached hydrogens (tertiary/aromatic N) is 3. The van der Waals surface area contributed by atoms with E-state index in [1.54, 1.807) is 20.1 Å². The summed E-state index contributed by atoms with van der Waals surface area (Å²) in [7, 11) is 1.64. The lowest BCUT2D eigenvalue weighted by atomic mass is 10.1. The van der Waals surface area contributed by atoms with Crippen molar-refractivity contribution in [3.63, 3.8) is 0 Å². The fraction of sp³-hybridized carbons (Fsp3) is 0.261. The van der Waals surface area contributed by atoms with Crippen LogP contribution >= 0.6 is 0 Å². The minimum Gasteiger partial charge on any atom is -0.497 e. The molecule has 0 radical (unpaired) electrons. The number of ether oxygens (including phenoxy) is 1. The Kier molecular flexibility index (Phi) is 6.79. The predicted octanol–water partition coefficient (Wildman–Crippen LogP) is 3.92. The first-order valence-electron chi connectivity index (χ1n) is 9.70. The summed E-state index contributed by atoms with van der Waals surface area (Å²) >= 11 is 0. The minimum absolute atomic E-state index is 0.205. The lowest BCUT2D eigenvalue weighted by Crippen LogP contribution is -2.27. The SMILES string of the molecule is CCN(c1ccccc1)c1cc(C(=O)NCCc2cccc(OC)c2)nc(C)n1. The van der Waals surface area contributed by atoms with Crippen LogP contribution in [0.1, 0.15) is 28.8 Å². The number of amides is 1. The van der Waals surface area contributed by atoms with E-state index in [4.69, 9.17) is 4.74 Å². The first-order valence-corrected chi connectivity index (χ1v) is 9.70. The maximum atomic E-state index is 12.7. The first-order chi connectivity index (χ1) is 14.1. The number of benzene rings is 2. The van der Waals surface area contributed by atoms with Crippen LogP contribution in [0.3, 0.4) is 0 Å². The summed E-state index contributed by atoms with van der Waals surface area (Å²) in [6, 6.07) is 19.6. The Bertz CT molecular complexity index is 960. The van der Waals surface area contributed by atoms with Gasteiger partial charge in [-0.05, 0) is 50.1 Å². The van der Waals surface area contributed by atoms with Crippen molar-refractivity contribution in [1.29, 1.82) is 0 Å². The number of carbonyl (C=O) groups is 1. The van der Waals surface area contributed by atoms with Gasteiger partial charge in [-0.2, -0.15) is 0 Å². The molecule has 0 fully saturated rings. The molecule has 0 saturated carbocycles. The third-order valence-corrected chi connectivity index (χ3v) is 4.55. The molecule has 3 rings (SSSR count). The Labute approximate surface area is 171 Å². The zero-order valence-corrected chi connectivity index (χ0v) is 17.1. The number of rotatable bonds is 8. The highest BCUT2D eigenvalue weighted by Gasteiger charge is 2.15. The summed E-state index contributed by atoms with van der Waals surface area (Å²) < 4.78 is 5.24. The molecule has 0 spiro atoms. The topological polar surface area (TPSA) is 67.4 Å². The Hall–Kier alpha value is -3.41. The monoisotopic (exact) mass is 390 g/mol. The summed E-state index contributed by atoms with van der Waals surface area (Å²) in [6.07, 6.45) is 0.713. The second kappa shape index (κ2) is 9.68. The highest BCUT2D eigenvalue weighted by Crippen LogP contribution is 2.23. The summed E-state index contributed by atoms with van der Waals surface area (Å²) in [5.74, 6) is 1.88. The van der Waals surface area contributed by atoms with Gasteiger partial charge in [-0.3, -0.25) is 4.79 Å². The molecule has 0 saturated heterocycles. The molecule has 29 heavy (non-hydrogen) atoms. The van der Waals surface area contributed by atoms with E-state index in [0.29, 0.717) is 30.3 Å². The van der Waals surface area contributed by atoms with E-state index < -0.39 is 0 Å². The van der Waals surface area contributed by atoms with Crippen molar-refractivity contribution >= 4 is 17.4 Å². The number of methoxy groups -OCH3 is 1. The number of carbonyl (C=O) groups excluding carboxylic acids is 1. The van der Waals surface area contributed by atoms with Crippen LogP contribution in [-0.4, -0.2) is 36.1 Å². The van der Waals surface area contributed by atoms with Crippen molar-refractivity contribution in [1.82, 2.24) is 15.3 Å². The second-order valence-electron chi connectivity index (χ2n) is 6.60. The van der Waals surface area contributed by atoms with Gasteiger partial charge in [0.15, 0.2) is 0 Å². The number of aromatic nitrogens is 2. The van der Waals surface area contributed by atoms with E-state index in [2.05, 4.69) is 27.1 Å². The fourth-order valence-corrected chi connectivity index (χ4v) is 3.13. The maximum Gasteiger partial charge on any atom is 0.270 e. The van der Waals surface area contributed by atoms with E-state index in [9.17, 15) is 4.79 Å². The van der Waals surface area contributed by atoms with Crippen molar-refractivity contribution in [3.8, 4) is 5.75 Å². The van der Waals surface area contributed by atoms with Gasteiger partial charge in [0.2, 0.25) is 0 Å². The van der Waals surface area contributed by atoms with Crippen LogP contribution in [0.4, 0.5) is 11.5 Å². The lowest BCUT2D eigenvalue weighted by molar-refractivity contribution is 0.0948. The molecule has 0 aliphatic carbocycles. The summed E-state index contributed by atoms with van der Waals surface area (Å²) in [6.45, 7) is 5.10. The van der Waals surface area contributed by atoms with Crippen molar-refractivity contribution in [2.45, 2.75) is 20.3 Å². The van der Waals surface area contributed by atoms with Gasteiger partial charge in [-0.15, -0.1) is 0 Å². The largest absolute Gasteiger partial charge is 0.497 e. The molecule has 150 valence electrons. The van der Waals surface area contributed by atoms with Gasteiger partial charge in [-0.25, -0.2) is 9.97 Å². The molecule has 0 bridgehead atoms. The molecule has 2 aromatic carbocycles. The number of nitrogens with one attached hydrogen (secondary N) is 1. The van der Waals surface area contributed by atoms with E-state index >= 15 is 0 Å². The highest BCUT2D eigenvalue weighted by atomic mass is 16.5. The molecule has 3 aromatic rings. The number of para-hydroxylation sites is 1. The molecule has 1 heterocycles. The molecule has 6 nitrogen and oxygen atoms in total. The molecule has 1 amide bonds. The van der Waals surface area contributed by atoms with E-state index in [1.807, 2.05) is 54.6 Å². The third-order valence-electron chi connectivity index (χ3n) is 4.55. The van der Waals surface area contributed by atoms with E-state index in [-0.39, 0.29) is 5.91 Å². The summed E-state index contributed by atoms with van der Waals surface area (Å²) in [4.78, 5) is 23.6. The van der Waals surface area contributed by atoms with Crippen LogP contribution in [0.15, 0.2) is 60.7 Å². The van der Waals surface area contributed by atoms with Crippen LogP contribution in [0.25, 0.3) is 0 Å². The molecule has 0 aliphatic rings. The number of hydrogen-bond donors (Lipinski definition) is 1. The quantitative estimate of drug-likeness (QED) is 0.631. The Morgan fingerprint density at radius 3 is 2.59 bits per heavy atom. The number of aryl methyl sites for hydroxylation is 1. The Morgan fingerprint density at radius 1 is 1.07 bits per heavy atom. The van der Waals surface area contributed by atoms with Crippen molar-refractivity contribution in [3.05, 3.63) is 77.7 Å². The van der Waals surface area contributed by atoms with Crippen LogP contribution in [0, 0.1) is 6.92 Å². The standard InChI is InChI=1S/C23H26N4O2/c1-4-27(19-10-6-5-7-11-19)22-16-21(25-17(2)26-22)23(28)24-14-13-18-9-8-12-20(15-18)29-3/h5-12,15-16H,4,13-14H2,1-3H3,(H,24,28). The van der Waals surface area contributed by atoms with Gasteiger partial charge in [-0.1, -0.05) is 30.3 Å². The average Bonchev–Trinajstić information content (AvgIpc) is 2.75. The van der Waals surface area contributed by atoms with Crippen molar-refractivity contribution < 1.29 is 9.53 Å². The molecule has 0 aliphatic heterocycles. The zero-order valence-electron chi connectivity index (χ0n) is 17.1. The van der Waals surface area contributed by atoms with E-state index in [1.165, 1.54) is 0 Å². The van der Waals surface area contributed by atoms with Gasteiger partial charge < -0.3 is 15.0 Å². The molecule has 1 N–H and O–H groups in total. The Balaban J connectivity index is 1.70. The highest BCUT2D eigenvalue weighted by molar-refractivity contribution is 5.93. The average molecular weight is 390 g/mol. The van der Waals surface area contributed by atoms with Crippen LogP contribution in [0.5, 0.6) is 5.75 Å². The smallest absolute Gasteiger partial charge is 0.270 e. The predicted molar refractivity (Wildman–Crippen MR) is 115 cm³/mol. The first kappa shape index (κ1) is 20.3. The summed E-state index contributed by atoms with van der Waals surface area (Å²) in [5.41, 5.74) is 2.50. The molecular formula is C23H26N4O2. The maximum absolute atomic E-state index is 12.7. The number of anilines is 2. The normalized spacial score (nSPS) is 10.4. The fourth-order valence-electron chi connectivity index (χ4n) is 3.13. The summed E-state index contributed by atoms with van der Waals surface area (Å²) in [5, 5.41) is 2.95. The molecule has 6 heteroatoms. The second-order valence-corrected chi connectivity index (χ2v) is 6.60. The zero-order chi connectivity index (χ0) is 20.6. The van der Waals surface area contributed by atoms with Gasteiger partial charge in [0, 0.05) is 24.8 Å². The minimum atomic E-state index is -0.205. The lowest BCUT2D eigenvalue weighted by Gasteiger charge is -2.22. The van der Waals surface area contributed by atoms with Crippen molar-refractivity contribution in [2.75, 3.05) is 25.1 Å². The third kappa shape index (κ3) is 5.31. The van der Waals surface area contributed by atoms with Gasteiger partial charge in [0.1, 0.15) is 23.1 Å². The van der Waals surface area contributed by atoms with Gasteiger partial charge in [0.05, 0.1) is 7.11 Å². The van der Waals surface area contributed by atoms with Crippen molar-refractivity contribution in [2.24, 2.45) is 0 Å². The molecule has 1 aromatic heterocycles. The van der Waals surface area contributed by atoms with Gasteiger partial charge >= 0.3 is 0 Å². The van der Waals surface area contributed by atoms with Crippen LogP contribution in [-0.2, 0) is 6.42 Å². The Morgan fingerprint density at radius 2 is 1.86 bits per heavy atom. The molecule has 0 atom stereocenters. The molecule has 0 unspecified atom stereocenters.